The zero-order valence-corrected chi connectivity index (χ0v) is 8.47. The van der Waals surface area contributed by atoms with Crippen LogP contribution in [0.2, 0.25) is 0 Å². The Morgan fingerprint density at radius 2 is 2.08 bits per heavy atom. The fraction of sp³-hybridized carbons (Fsp3) is 1.00. The van der Waals surface area contributed by atoms with Crippen molar-refractivity contribution in [3.63, 3.8) is 0 Å². The first-order valence-electron chi connectivity index (χ1n) is 5.28. The molecular formula is C10H21NO. The van der Waals surface area contributed by atoms with E-state index in [1.807, 2.05) is 13.8 Å². The van der Waals surface area contributed by atoms with Gasteiger partial charge in [-0.05, 0) is 6.42 Å². The van der Waals surface area contributed by atoms with E-state index in [0.29, 0.717) is 12.2 Å². The van der Waals surface area contributed by atoms with Gasteiger partial charge in [0, 0.05) is 19.0 Å². The minimum atomic E-state index is 0.566. The van der Waals surface area contributed by atoms with Gasteiger partial charge < -0.3 is 10.1 Å². The van der Waals surface area contributed by atoms with Gasteiger partial charge >= 0.3 is 0 Å². The maximum Gasteiger partial charge on any atom is 0.0768 e. The molecule has 0 aliphatic carbocycles. The zero-order valence-electron chi connectivity index (χ0n) is 8.47. The van der Waals surface area contributed by atoms with Crippen molar-refractivity contribution in [1.82, 2.24) is 5.32 Å². The molecule has 2 aliphatic heterocycles. The number of nitrogens with one attached hydrogen (secondary N) is 1. The molecule has 2 nitrogen and oxygen atoms in total. The topological polar surface area (TPSA) is 21.3 Å². The van der Waals surface area contributed by atoms with E-state index in [0.717, 1.165) is 12.5 Å². The first kappa shape index (κ1) is 10.0. The first-order chi connectivity index (χ1) is 5.92. The summed E-state index contributed by atoms with van der Waals surface area (Å²) in [4.78, 5) is 0. The molecule has 0 aromatic carbocycles. The second-order valence-electron chi connectivity index (χ2n) is 3.32. The van der Waals surface area contributed by atoms with Crippen molar-refractivity contribution < 1.29 is 4.74 Å². The fourth-order valence-corrected chi connectivity index (χ4v) is 2.00. The molecule has 2 heteroatoms. The van der Waals surface area contributed by atoms with Gasteiger partial charge in [-0.1, -0.05) is 27.2 Å². The van der Waals surface area contributed by atoms with Crippen LogP contribution < -0.4 is 5.32 Å². The Morgan fingerprint density at radius 3 is 2.67 bits per heavy atom. The molecule has 72 valence electrons. The van der Waals surface area contributed by atoms with Gasteiger partial charge in [0.15, 0.2) is 0 Å². The van der Waals surface area contributed by atoms with Gasteiger partial charge in [0.25, 0.3) is 0 Å². The van der Waals surface area contributed by atoms with Crippen LogP contribution in [-0.4, -0.2) is 25.3 Å². The summed E-state index contributed by atoms with van der Waals surface area (Å²) < 4.78 is 5.64. The third-order valence-corrected chi connectivity index (χ3v) is 2.60. The Bertz CT molecular complexity index is 127. The van der Waals surface area contributed by atoms with E-state index in [1.165, 1.54) is 19.4 Å². The molecule has 3 unspecified atom stereocenters. The van der Waals surface area contributed by atoms with E-state index in [9.17, 15) is 0 Å². The molecule has 2 saturated heterocycles. The van der Waals surface area contributed by atoms with Gasteiger partial charge in [0.05, 0.1) is 12.2 Å². The molecule has 0 radical (unpaired) electrons. The maximum atomic E-state index is 5.64. The summed E-state index contributed by atoms with van der Waals surface area (Å²) in [6, 6.07) is 0. The molecule has 2 aliphatic rings. The van der Waals surface area contributed by atoms with Crippen LogP contribution in [0.3, 0.4) is 0 Å². The molecule has 2 heterocycles. The van der Waals surface area contributed by atoms with Crippen molar-refractivity contribution in [2.75, 3.05) is 13.1 Å². The van der Waals surface area contributed by atoms with Gasteiger partial charge in [-0.3, -0.25) is 0 Å². The smallest absolute Gasteiger partial charge is 0.0768 e. The van der Waals surface area contributed by atoms with Crippen LogP contribution in [0.4, 0.5) is 0 Å². The highest BCUT2D eigenvalue weighted by atomic mass is 16.5. The maximum absolute atomic E-state index is 5.64. The Kier molecular flexibility index (Phi) is 4.02. The molecule has 0 aromatic heterocycles. The predicted octanol–water partition coefficient (Wildman–Crippen LogP) is 1.80. The van der Waals surface area contributed by atoms with Gasteiger partial charge in [0.1, 0.15) is 0 Å². The van der Waals surface area contributed by atoms with Crippen LogP contribution in [-0.2, 0) is 4.74 Å². The molecule has 12 heavy (non-hydrogen) atoms. The highest BCUT2D eigenvalue weighted by Crippen LogP contribution is 2.33. The molecule has 0 saturated carbocycles. The standard InChI is InChI=1S/C8H15NO.C2H6/c1-2-3-7-6-4-9-5-8(6)10-7;1-2/h6-9H,2-5H2,1H3;1-2H3. The predicted molar refractivity (Wildman–Crippen MR) is 51.3 cm³/mol. The molecule has 2 fully saturated rings. The first-order valence-corrected chi connectivity index (χ1v) is 5.28. The molecule has 0 spiro atoms. The van der Waals surface area contributed by atoms with Crippen molar-refractivity contribution in [2.45, 2.75) is 45.8 Å². The van der Waals surface area contributed by atoms with Crippen LogP contribution in [0.1, 0.15) is 33.6 Å². The number of fused-ring (bicyclic) bond motifs is 1. The van der Waals surface area contributed by atoms with Crippen molar-refractivity contribution in [3.8, 4) is 0 Å². The van der Waals surface area contributed by atoms with Crippen molar-refractivity contribution in [1.29, 1.82) is 0 Å². The zero-order chi connectivity index (χ0) is 8.97. The van der Waals surface area contributed by atoms with Crippen LogP contribution in [0.15, 0.2) is 0 Å². The number of rotatable bonds is 2. The van der Waals surface area contributed by atoms with E-state index in [1.54, 1.807) is 0 Å². The van der Waals surface area contributed by atoms with Crippen LogP contribution >= 0.6 is 0 Å². The monoisotopic (exact) mass is 171 g/mol. The van der Waals surface area contributed by atoms with E-state index in [4.69, 9.17) is 4.74 Å². The second-order valence-corrected chi connectivity index (χ2v) is 3.32. The summed E-state index contributed by atoms with van der Waals surface area (Å²) in [6.07, 6.45) is 3.66. The fourth-order valence-electron chi connectivity index (χ4n) is 2.00. The quantitative estimate of drug-likeness (QED) is 0.684. The minimum Gasteiger partial charge on any atom is -0.373 e. The highest BCUT2D eigenvalue weighted by Gasteiger charge is 2.44. The normalized spacial score (nSPS) is 37.8. The number of hydrogen-bond donors (Lipinski definition) is 1. The molecule has 2 rings (SSSR count). The molecule has 1 N–H and O–H groups in total. The summed E-state index contributed by atoms with van der Waals surface area (Å²) in [5.74, 6) is 0.847. The third-order valence-electron chi connectivity index (χ3n) is 2.60. The van der Waals surface area contributed by atoms with Gasteiger partial charge in [0.2, 0.25) is 0 Å². The number of hydrogen-bond acceptors (Lipinski definition) is 2. The van der Waals surface area contributed by atoms with E-state index in [-0.39, 0.29) is 0 Å². The van der Waals surface area contributed by atoms with E-state index < -0.39 is 0 Å². The lowest BCUT2D eigenvalue weighted by Crippen LogP contribution is -2.47. The van der Waals surface area contributed by atoms with Crippen molar-refractivity contribution in [3.05, 3.63) is 0 Å². The largest absolute Gasteiger partial charge is 0.373 e. The lowest BCUT2D eigenvalue weighted by atomic mass is 9.89. The molecule has 0 amide bonds. The Labute approximate surface area is 75.7 Å². The lowest BCUT2D eigenvalue weighted by Gasteiger charge is -2.39. The van der Waals surface area contributed by atoms with Crippen LogP contribution in [0, 0.1) is 5.92 Å². The highest BCUT2D eigenvalue weighted by molar-refractivity contribution is 4.95. The third kappa shape index (κ3) is 1.80. The summed E-state index contributed by atoms with van der Waals surface area (Å²) in [5, 5.41) is 3.35. The molecular weight excluding hydrogens is 150 g/mol. The Hall–Kier alpha value is -0.0800. The van der Waals surface area contributed by atoms with Crippen LogP contribution in [0.5, 0.6) is 0 Å². The number of ether oxygens (including phenoxy) is 1. The van der Waals surface area contributed by atoms with Crippen molar-refractivity contribution in [2.24, 2.45) is 5.92 Å². The Balaban J connectivity index is 0.000000336. The molecule has 0 aromatic rings. The average Bonchev–Trinajstić information content (AvgIpc) is 2.46. The average molecular weight is 171 g/mol. The SMILES string of the molecule is CC.CCCC1OC2CNCC12. The van der Waals surface area contributed by atoms with Gasteiger partial charge in [-0.15, -0.1) is 0 Å². The summed E-state index contributed by atoms with van der Waals surface area (Å²) in [6.45, 7) is 8.50. The van der Waals surface area contributed by atoms with E-state index in [2.05, 4.69) is 12.2 Å². The van der Waals surface area contributed by atoms with Gasteiger partial charge in [-0.25, -0.2) is 0 Å². The minimum absolute atomic E-state index is 0.566. The lowest BCUT2D eigenvalue weighted by molar-refractivity contribution is -0.159. The summed E-state index contributed by atoms with van der Waals surface area (Å²) >= 11 is 0. The molecule has 0 bridgehead atoms. The second kappa shape index (κ2) is 4.83. The summed E-state index contributed by atoms with van der Waals surface area (Å²) in [5.41, 5.74) is 0. The summed E-state index contributed by atoms with van der Waals surface area (Å²) in [7, 11) is 0. The Morgan fingerprint density at radius 1 is 1.33 bits per heavy atom. The van der Waals surface area contributed by atoms with E-state index >= 15 is 0 Å². The van der Waals surface area contributed by atoms with Crippen molar-refractivity contribution >= 4 is 0 Å². The van der Waals surface area contributed by atoms with Gasteiger partial charge in [-0.2, -0.15) is 0 Å². The molecule has 3 atom stereocenters. The van der Waals surface area contributed by atoms with Crippen LogP contribution in [0.25, 0.3) is 0 Å².